The van der Waals surface area contributed by atoms with Crippen molar-refractivity contribution in [1.29, 1.82) is 0 Å². The highest BCUT2D eigenvalue weighted by Crippen LogP contribution is 2.35. The summed E-state index contributed by atoms with van der Waals surface area (Å²) in [7, 11) is 0. The Balaban J connectivity index is 2.18. The summed E-state index contributed by atoms with van der Waals surface area (Å²) in [4.78, 5) is 0.668. The molecule has 2 N–H and O–H groups in total. The number of aromatic nitrogens is 4. The number of hydrogen-bond acceptors (Lipinski definition) is 6. The van der Waals surface area contributed by atoms with Crippen LogP contribution in [0.4, 0.5) is 0 Å². The van der Waals surface area contributed by atoms with Crippen molar-refractivity contribution in [3.8, 4) is 22.1 Å². The molecule has 0 unspecified atom stereocenters. The standard InChI is InChI=1S/C12H12N4O2S/c1-6(2)10-13-14-12-16(10)15-11(19-12)8-5-7(17)3-4-9(8)18/h3-6,17-18H,1-2H3. The molecule has 19 heavy (non-hydrogen) atoms. The van der Waals surface area contributed by atoms with E-state index in [4.69, 9.17) is 0 Å². The van der Waals surface area contributed by atoms with Gasteiger partial charge in [0.2, 0.25) is 4.96 Å². The topological polar surface area (TPSA) is 83.5 Å². The van der Waals surface area contributed by atoms with E-state index in [0.717, 1.165) is 5.82 Å². The van der Waals surface area contributed by atoms with Crippen molar-refractivity contribution in [2.24, 2.45) is 0 Å². The lowest BCUT2D eigenvalue weighted by atomic mass is 10.2. The van der Waals surface area contributed by atoms with Crippen LogP contribution in [-0.2, 0) is 0 Å². The second-order valence-electron chi connectivity index (χ2n) is 4.52. The molecule has 0 saturated heterocycles. The third kappa shape index (κ3) is 1.91. The highest BCUT2D eigenvalue weighted by Gasteiger charge is 2.17. The van der Waals surface area contributed by atoms with Gasteiger partial charge in [-0.3, -0.25) is 0 Å². The fourth-order valence-electron chi connectivity index (χ4n) is 1.80. The molecule has 0 amide bonds. The summed E-state index contributed by atoms with van der Waals surface area (Å²) < 4.78 is 1.67. The fourth-order valence-corrected chi connectivity index (χ4v) is 2.67. The van der Waals surface area contributed by atoms with Crippen molar-refractivity contribution < 1.29 is 10.2 Å². The smallest absolute Gasteiger partial charge is 0.234 e. The van der Waals surface area contributed by atoms with Gasteiger partial charge in [0.15, 0.2) is 10.8 Å². The number of rotatable bonds is 2. The highest BCUT2D eigenvalue weighted by atomic mass is 32.1. The number of hydrogen-bond donors (Lipinski definition) is 2. The summed E-state index contributed by atoms with van der Waals surface area (Å²) in [6, 6.07) is 4.35. The van der Waals surface area contributed by atoms with Crippen LogP contribution in [-0.4, -0.2) is 30.0 Å². The molecule has 0 bridgehead atoms. The van der Waals surface area contributed by atoms with Crippen LogP contribution >= 0.6 is 11.3 Å². The molecule has 0 aliphatic carbocycles. The van der Waals surface area contributed by atoms with Gasteiger partial charge >= 0.3 is 0 Å². The van der Waals surface area contributed by atoms with Crippen LogP contribution in [0.15, 0.2) is 18.2 Å². The zero-order valence-corrected chi connectivity index (χ0v) is 11.2. The van der Waals surface area contributed by atoms with E-state index in [0.29, 0.717) is 15.5 Å². The maximum absolute atomic E-state index is 9.84. The van der Waals surface area contributed by atoms with Crippen molar-refractivity contribution in [3.05, 3.63) is 24.0 Å². The van der Waals surface area contributed by atoms with Crippen LogP contribution in [0.1, 0.15) is 25.6 Å². The zero-order chi connectivity index (χ0) is 13.6. The number of fused-ring (bicyclic) bond motifs is 1. The fraction of sp³-hybridized carbons (Fsp3) is 0.250. The van der Waals surface area contributed by atoms with E-state index in [1.807, 2.05) is 13.8 Å². The Labute approximate surface area is 113 Å². The second kappa shape index (κ2) is 4.20. The Hall–Kier alpha value is -2.15. The summed E-state index contributed by atoms with van der Waals surface area (Å²) in [5.74, 6) is 1.15. The van der Waals surface area contributed by atoms with Crippen LogP contribution in [0.2, 0.25) is 0 Å². The average molecular weight is 276 g/mol. The van der Waals surface area contributed by atoms with Gasteiger partial charge in [-0.15, -0.1) is 10.2 Å². The van der Waals surface area contributed by atoms with Crippen LogP contribution in [0.5, 0.6) is 11.5 Å². The average Bonchev–Trinajstić information content (AvgIpc) is 2.91. The Morgan fingerprint density at radius 2 is 2.00 bits per heavy atom. The maximum atomic E-state index is 9.84. The van der Waals surface area contributed by atoms with E-state index in [2.05, 4.69) is 15.3 Å². The van der Waals surface area contributed by atoms with E-state index < -0.39 is 0 Å². The third-order valence-corrected chi connectivity index (χ3v) is 3.67. The van der Waals surface area contributed by atoms with Gasteiger partial charge in [-0.1, -0.05) is 25.2 Å². The SMILES string of the molecule is CC(C)c1nnc2sc(-c3cc(O)ccc3O)nn12. The minimum absolute atomic E-state index is 0.0776. The number of phenols is 2. The van der Waals surface area contributed by atoms with Gasteiger partial charge in [-0.05, 0) is 18.2 Å². The minimum Gasteiger partial charge on any atom is -0.508 e. The van der Waals surface area contributed by atoms with Gasteiger partial charge in [0.1, 0.15) is 11.5 Å². The third-order valence-electron chi connectivity index (χ3n) is 2.74. The lowest BCUT2D eigenvalue weighted by Gasteiger charge is -2.01. The predicted molar refractivity (Wildman–Crippen MR) is 71.5 cm³/mol. The first kappa shape index (κ1) is 11.9. The number of nitrogens with zero attached hydrogens (tertiary/aromatic N) is 4. The molecule has 0 atom stereocenters. The van der Waals surface area contributed by atoms with E-state index in [-0.39, 0.29) is 17.4 Å². The van der Waals surface area contributed by atoms with Gasteiger partial charge in [0.25, 0.3) is 0 Å². The summed E-state index contributed by atoms with van der Waals surface area (Å²) in [6.45, 7) is 4.03. The quantitative estimate of drug-likeness (QED) is 0.702. The lowest BCUT2D eigenvalue weighted by Crippen LogP contribution is -1.97. The molecule has 3 rings (SSSR count). The van der Waals surface area contributed by atoms with E-state index in [1.165, 1.54) is 29.5 Å². The molecule has 6 nitrogen and oxygen atoms in total. The number of benzene rings is 1. The van der Waals surface area contributed by atoms with E-state index >= 15 is 0 Å². The van der Waals surface area contributed by atoms with Crippen molar-refractivity contribution in [2.75, 3.05) is 0 Å². The monoisotopic (exact) mass is 276 g/mol. The van der Waals surface area contributed by atoms with Crippen LogP contribution < -0.4 is 0 Å². The Morgan fingerprint density at radius 3 is 2.74 bits per heavy atom. The zero-order valence-electron chi connectivity index (χ0n) is 10.4. The first-order valence-corrected chi connectivity index (χ1v) is 6.62. The molecule has 7 heteroatoms. The first-order valence-electron chi connectivity index (χ1n) is 5.80. The molecule has 0 aliphatic rings. The van der Waals surface area contributed by atoms with E-state index in [1.54, 1.807) is 4.52 Å². The first-order chi connectivity index (χ1) is 9.06. The molecule has 0 spiro atoms. The summed E-state index contributed by atoms with van der Waals surface area (Å²) in [5.41, 5.74) is 0.491. The number of phenolic OH excluding ortho intramolecular Hbond substituents is 2. The largest absolute Gasteiger partial charge is 0.508 e. The highest BCUT2D eigenvalue weighted by molar-refractivity contribution is 7.19. The van der Waals surface area contributed by atoms with Crippen molar-refractivity contribution >= 4 is 16.3 Å². The van der Waals surface area contributed by atoms with Gasteiger partial charge in [0.05, 0.1) is 5.56 Å². The summed E-state index contributed by atoms with van der Waals surface area (Å²) >= 11 is 1.32. The Morgan fingerprint density at radius 1 is 1.21 bits per heavy atom. The maximum Gasteiger partial charge on any atom is 0.234 e. The van der Waals surface area contributed by atoms with Crippen LogP contribution in [0.3, 0.4) is 0 Å². The van der Waals surface area contributed by atoms with Gasteiger partial charge in [0, 0.05) is 5.92 Å². The second-order valence-corrected chi connectivity index (χ2v) is 5.47. The summed E-state index contributed by atoms with van der Waals surface area (Å²) in [5, 5.41) is 32.5. The van der Waals surface area contributed by atoms with Crippen LogP contribution in [0, 0.1) is 0 Å². The molecular weight excluding hydrogens is 264 g/mol. The minimum atomic E-state index is 0.0776. The van der Waals surface area contributed by atoms with Crippen molar-refractivity contribution in [3.63, 3.8) is 0 Å². The van der Waals surface area contributed by atoms with Gasteiger partial charge in [-0.2, -0.15) is 9.61 Å². The Kier molecular flexibility index (Phi) is 2.63. The number of aromatic hydroxyl groups is 2. The van der Waals surface area contributed by atoms with Crippen LogP contribution in [0.25, 0.3) is 15.5 Å². The van der Waals surface area contributed by atoms with Crippen molar-refractivity contribution in [2.45, 2.75) is 19.8 Å². The molecule has 2 heterocycles. The predicted octanol–water partition coefficient (Wildman–Crippen LogP) is 2.39. The molecule has 0 radical (unpaired) electrons. The lowest BCUT2D eigenvalue weighted by molar-refractivity contribution is 0.462. The molecule has 2 aromatic heterocycles. The molecule has 0 fully saturated rings. The van der Waals surface area contributed by atoms with Gasteiger partial charge in [-0.25, -0.2) is 0 Å². The summed E-state index contributed by atoms with van der Waals surface area (Å²) in [6.07, 6.45) is 0. The van der Waals surface area contributed by atoms with E-state index in [9.17, 15) is 10.2 Å². The molecule has 0 saturated carbocycles. The van der Waals surface area contributed by atoms with Gasteiger partial charge < -0.3 is 10.2 Å². The molecular formula is C12H12N4O2S. The normalized spacial score (nSPS) is 11.5. The molecule has 3 aromatic rings. The molecule has 1 aromatic carbocycles. The molecule has 98 valence electrons. The Bertz CT molecular complexity index is 747. The van der Waals surface area contributed by atoms with Crippen molar-refractivity contribution in [1.82, 2.24) is 19.8 Å². The molecule has 0 aliphatic heterocycles.